The molecule has 1 aromatic rings. The van der Waals surface area contributed by atoms with Crippen molar-refractivity contribution in [2.24, 2.45) is 5.92 Å². The molecule has 0 aromatic heterocycles. The number of nitrogens with one attached hydrogen (secondary N) is 1. The summed E-state index contributed by atoms with van der Waals surface area (Å²) in [5.41, 5.74) is 1.99. The normalized spacial score (nSPS) is 39.7. The topological polar surface area (TPSA) is 44.7 Å². The maximum Gasteiger partial charge on any atom is 0.119 e. The molecule has 5 rings (SSSR count). The molecule has 0 spiro atoms. The quantitative estimate of drug-likeness (QED) is 0.873. The zero-order valence-corrected chi connectivity index (χ0v) is 16.1. The molecule has 1 aromatic carbocycles. The third-order valence-electron chi connectivity index (χ3n) is 7.74. The number of likely N-dealkylation sites (tertiary alicyclic amines) is 1. The molecule has 2 heterocycles. The lowest BCUT2D eigenvalue weighted by molar-refractivity contribution is -0.151. The van der Waals surface area contributed by atoms with Gasteiger partial charge < -0.3 is 15.2 Å². The molecule has 1 saturated carbocycles. The maximum atomic E-state index is 12.3. The fourth-order valence-corrected chi connectivity index (χ4v) is 6.24. The van der Waals surface area contributed by atoms with E-state index in [1.807, 2.05) is 0 Å². The van der Waals surface area contributed by atoms with Crippen LogP contribution in [0.15, 0.2) is 18.2 Å². The summed E-state index contributed by atoms with van der Waals surface area (Å²) in [6.45, 7) is 5.51. The van der Waals surface area contributed by atoms with Crippen LogP contribution in [0.5, 0.6) is 5.75 Å². The van der Waals surface area contributed by atoms with E-state index in [1.54, 1.807) is 7.11 Å². The lowest BCUT2D eigenvalue weighted by Gasteiger charge is -2.62. The number of piperidine rings is 1. The second-order valence-corrected chi connectivity index (χ2v) is 9.25. The average molecular weight is 357 g/mol. The van der Waals surface area contributed by atoms with Crippen molar-refractivity contribution >= 4 is 0 Å². The zero-order valence-electron chi connectivity index (χ0n) is 16.1. The van der Waals surface area contributed by atoms with Crippen LogP contribution in [0.2, 0.25) is 0 Å². The third-order valence-corrected chi connectivity index (χ3v) is 7.74. The minimum absolute atomic E-state index is 0.141. The molecule has 2 aliphatic carbocycles. The standard InChI is InChI=1S/C22H32N2O2/c1-15-13-22(25)20-11-17-5-6-18(26-2)12-19(17)21(22,7-9-23-15)8-10-24(20)14-16-3-4-16/h5-6,12,15-16,20,23,25H,3-4,7-11,13-14H2,1-2H3/t15?,20-,21+,22-/m1/s1. The molecule has 2 bridgehead atoms. The van der Waals surface area contributed by atoms with Gasteiger partial charge in [0.25, 0.3) is 0 Å². The van der Waals surface area contributed by atoms with E-state index in [-0.39, 0.29) is 11.5 Å². The van der Waals surface area contributed by atoms with Gasteiger partial charge in [0.2, 0.25) is 0 Å². The van der Waals surface area contributed by atoms with Gasteiger partial charge in [-0.25, -0.2) is 0 Å². The van der Waals surface area contributed by atoms with Crippen molar-refractivity contribution in [1.82, 2.24) is 10.2 Å². The van der Waals surface area contributed by atoms with Gasteiger partial charge in [-0.2, -0.15) is 0 Å². The van der Waals surface area contributed by atoms with Gasteiger partial charge in [-0.1, -0.05) is 6.07 Å². The number of ether oxygens (including phenoxy) is 1. The summed E-state index contributed by atoms with van der Waals surface area (Å²) in [7, 11) is 1.74. The van der Waals surface area contributed by atoms with Crippen molar-refractivity contribution in [2.75, 3.05) is 26.7 Å². The summed E-state index contributed by atoms with van der Waals surface area (Å²) in [5.74, 6) is 1.79. The lowest BCUT2D eigenvalue weighted by atomic mass is 9.52. The number of rotatable bonds is 3. The highest BCUT2D eigenvalue weighted by molar-refractivity contribution is 5.48. The summed E-state index contributed by atoms with van der Waals surface area (Å²) in [4.78, 5) is 2.64. The summed E-state index contributed by atoms with van der Waals surface area (Å²) < 4.78 is 5.55. The van der Waals surface area contributed by atoms with E-state index in [9.17, 15) is 5.11 Å². The fraction of sp³-hybridized carbons (Fsp3) is 0.727. The number of hydrogen-bond donors (Lipinski definition) is 2. The molecule has 4 aliphatic rings. The van der Waals surface area contributed by atoms with Gasteiger partial charge in [0, 0.05) is 24.0 Å². The van der Waals surface area contributed by atoms with Gasteiger partial charge in [-0.05, 0) is 87.7 Å². The van der Waals surface area contributed by atoms with Crippen LogP contribution in [0, 0.1) is 5.92 Å². The van der Waals surface area contributed by atoms with Crippen LogP contribution in [0.3, 0.4) is 0 Å². The molecular weight excluding hydrogens is 324 g/mol. The average Bonchev–Trinajstić information content (AvgIpc) is 3.44. The minimum Gasteiger partial charge on any atom is -0.497 e. The molecule has 4 nitrogen and oxygen atoms in total. The molecule has 0 amide bonds. The van der Waals surface area contributed by atoms with Gasteiger partial charge >= 0.3 is 0 Å². The van der Waals surface area contributed by atoms with Crippen molar-refractivity contribution in [3.05, 3.63) is 29.3 Å². The Balaban J connectivity index is 1.64. The molecule has 1 unspecified atom stereocenters. The van der Waals surface area contributed by atoms with Gasteiger partial charge in [-0.15, -0.1) is 0 Å². The van der Waals surface area contributed by atoms with E-state index in [0.29, 0.717) is 6.04 Å². The lowest BCUT2D eigenvalue weighted by Crippen LogP contribution is -2.71. The highest BCUT2D eigenvalue weighted by atomic mass is 16.5. The first-order valence-corrected chi connectivity index (χ1v) is 10.4. The molecule has 142 valence electrons. The predicted molar refractivity (Wildman–Crippen MR) is 103 cm³/mol. The molecule has 3 fully saturated rings. The molecule has 4 heteroatoms. The molecule has 26 heavy (non-hydrogen) atoms. The number of benzene rings is 1. The van der Waals surface area contributed by atoms with Gasteiger partial charge in [-0.3, -0.25) is 4.90 Å². The largest absolute Gasteiger partial charge is 0.497 e. The van der Waals surface area contributed by atoms with Crippen LogP contribution >= 0.6 is 0 Å². The van der Waals surface area contributed by atoms with E-state index < -0.39 is 5.60 Å². The van der Waals surface area contributed by atoms with Crippen molar-refractivity contribution in [3.8, 4) is 5.75 Å². The summed E-state index contributed by atoms with van der Waals surface area (Å²) in [5, 5.41) is 16.0. The number of aliphatic hydroxyl groups is 1. The Morgan fingerprint density at radius 2 is 2.15 bits per heavy atom. The minimum atomic E-state index is -0.650. The van der Waals surface area contributed by atoms with E-state index in [4.69, 9.17) is 4.74 Å². The van der Waals surface area contributed by atoms with Gasteiger partial charge in [0.05, 0.1) is 12.7 Å². The van der Waals surface area contributed by atoms with Crippen LogP contribution in [0.25, 0.3) is 0 Å². The molecule has 2 N–H and O–H groups in total. The van der Waals surface area contributed by atoms with Crippen LogP contribution in [-0.4, -0.2) is 54.4 Å². The summed E-state index contributed by atoms with van der Waals surface area (Å²) in [6.07, 6.45) is 6.63. The molecule has 0 radical (unpaired) electrons. The molecular formula is C22H32N2O2. The third kappa shape index (κ3) is 2.38. The highest BCUT2D eigenvalue weighted by Crippen LogP contribution is 2.56. The second kappa shape index (κ2) is 5.95. The van der Waals surface area contributed by atoms with E-state index in [1.165, 1.54) is 30.5 Å². The number of nitrogens with zero attached hydrogens (tertiary/aromatic N) is 1. The number of methoxy groups -OCH3 is 1. The maximum absolute atomic E-state index is 12.3. The van der Waals surface area contributed by atoms with E-state index >= 15 is 0 Å². The van der Waals surface area contributed by atoms with Crippen molar-refractivity contribution in [2.45, 2.75) is 68.5 Å². The Morgan fingerprint density at radius 1 is 1.31 bits per heavy atom. The zero-order chi connectivity index (χ0) is 17.9. The Bertz CT molecular complexity index is 703. The summed E-state index contributed by atoms with van der Waals surface area (Å²) >= 11 is 0. The Morgan fingerprint density at radius 3 is 2.92 bits per heavy atom. The van der Waals surface area contributed by atoms with Gasteiger partial charge in [0.1, 0.15) is 5.75 Å². The Kier molecular flexibility index (Phi) is 3.90. The summed E-state index contributed by atoms with van der Waals surface area (Å²) in [6, 6.07) is 7.18. The first-order chi connectivity index (χ1) is 12.6. The van der Waals surface area contributed by atoms with Crippen LogP contribution in [-0.2, 0) is 11.8 Å². The smallest absolute Gasteiger partial charge is 0.119 e. The molecule has 2 aliphatic heterocycles. The first-order valence-electron chi connectivity index (χ1n) is 10.4. The number of hydrogen-bond acceptors (Lipinski definition) is 4. The SMILES string of the molecule is COc1ccc2c(c1)[C@@]13CCNC(C)C[C@@]1(O)[C@@H](C2)N(CC1CC1)CC3. The highest BCUT2D eigenvalue weighted by Gasteiger charge is 2.63. The Labute approximate surface area is 156 Å². The fourth-order valence-electron chi connectivity index (χ4n) is 6.24. The van der Waals surface area contributed by atoms with Crippen molar-refractivity contribution in [1.29, 1.82) is 0 Å². The second-order valence-electron chi connectivity index (χ2n) is 9.25. The van der Waals surface area contributed by atoms with Crippen LogP contribution in [0.4, 0.5) is 0 Å². The monoisotopic (exact) mass is 356 g/mol. The predicted octanol–water partition coefficient (Wildman–Crippen LogP) is 2.48. The van der Waals surface area contributed by atoms with Crippen molar-refractivity contribution < 1.29 is 9.84 Å². The van der Waals surface area contributed by atoms with Crippen molar-refractivity contribution in [3.63, 3.8) is 0 Å². The van der Waals surface area contributed by atoms with E-state index in [2.05, 4.69) is 35.3 Å². The molecule has 2 saturated heterocycles. The van der Waals surface area contributed by atoms with Gasteiger partial charge in [0.15, 0.2) is 0 Å². The number of fused-ring (bicyclic) bond motifs is 1. The van der Waals surface area contributed by atoms with Crippen LogP contribution in [0.1, 0.15) is 50.2 Å². The molecule has 4 atom stereocenters. The van der Waals surface area contributed by atoms with Crippen LogP contribution < -0.4 is 10.1 Å². The van der Waals surface area contributed by atoms with E-state index in [0.717, 1.165) is 50.4 Å². The Hall–Kier alpha value is -1.10. The first kappa shape index (κ1) is 17.0.